The molecule has 0 N–H and O–H groups in total. The molecule has 1 aromatic carbocycles. The molecule has 3 aromatic rings. The highest BCUT2D eigenvalue weighted by Crippen LogP contribution is 2.17. The first-order valence-corrected chi connectivity index (χ1v) is 7.38. The zero-order valence-electron chi connectivity index (χ0n) is 13.0. The highest BCUT2D eigenvalue weighted by Gasteiger charge is 2.13. The molecule has 0 atom stereocenters. The number of nitrogens with zero attached hydrogens (tertiary/aromatic N) is 4. The molecule has 0 radical (unpaired) electrons. The summed E-state index contributed by atoms with van der Waals surface area (Å²) < 4.78 is 7.73. The Kier molecular flexibility index (Phi) is 4.12. The summed E-state index contributed by atoms with van der Waals surface area (Å²) in [5.41, 5.74) is 0.0455. The molecule has 0 unspecified atom stereocenters. The third-order valence-corrected chi connectivity index (χ3v) is 3.59. The molecule has 0 bridgehead atoms. The Morgan fingerprint density at radius 1 is 1.25 bits per heavy atom. The number of rotatable bonds is 4. The van der Waals surface area contributed by atoms with Crippen LogP contribution in [-0.2, 0) is 13.1 Å². The molecule has 0 aliphatic rings. The summed E-state index contributed by atoms with van der Waals surface area (Å²) in [5.74, 6) is 0.408. The van der Waals surface area contributed by atoms with Crippen LogP contribution in [0.1, 0.15) is 18.2 Å². The SMILES string of the molecule is CCn1cc(C#N)c(=O)n(Cc2coc(-c3ccccc3)n2)c1=O. The Morgan fingerprint density at radius 3 is 2.67 bits per heavy atom. The van der Waals surface area contributed by atoms with Crippen molar-refractivity contribution in [3.05, 3.63) is 74.9 Å². The standard InChI is InChI=1S/C17H14N4O3/c1-2-20-9-13(8-18)16(22)21(17(20)23)10-14-11-24-15(19-14)12-6-4-3-5-7-12/h3-7,9,11H,2,10H2,1H3. The highest BCUT2D eigenvalue weighted by atomic mass is 16.3. The van der Waals surface area contributed by atoms with Crippen molar-refractivity contribution in [1.29, 1.82) is 5.26 Å². The maximum atomic E-state index is 12.3. The molecular weight excluding hydrogens is 308 g/mol. The summed E-state index contributed by atoms with van der Waals surface area (Å²) in [6.07, 6.45) is 2.68. The number of benzene rings is 1. The van der Waals surface area contributed by atoms with Gasteiger partial charge in [0.1, 0.15) is 17.9 Å². The molecule has 0 amide bonds. The minimum Gasteiger partial charge on any atom is -0.444 e. The summed E-state index contributed by atoms with van der Waals surface area (Å²) in [5, 5.41) is 9.06. The Morgan fingerprint density at radius 2 is 2.00 bits per heavy atom. The highest BCUT2D eigenvalue weighted by molar-refractivity contribution is 5.52. The van der Waals surface area contributed by atoms with Crippen molar-refractivity contribution in [3.63, 3.8) is 0 Å². The Balaban J connectivity index is 2.01. The van der Waals surface area contributed by atoms with Crippen LogP contribution in [0.3, 0.4) is 0 Å². The molecule has 0 saturated heterocycles. The fraction of sp³-hybridized carbons (Fsp3) is 0.176. The van der Waals surface area contributed by atoms with E-state index in [9.17, 15) is 9.59 Å². The minimum atomic E-state index is -0.628. The number of hydrogen-bond donors (Lipinski definition) is 0. The van der Waals surface area contributed by atoms with Crippen LogP contribution in [0.4, 0.5) is 0 Å². The van der Waals surface area contributed by atoms with Gasteiger partial charge in [-0.05, 0) is 19.1 Å². The lowest BCUT2D eigenvalue weighted by atomic mass is 10.2. The van der Waals surface area contributed by atoms with E-state index in [1.54, 1.807) is 6.92 Å². The normalized spacial score (nSPS) is 10.5. The van der Waals surface area contributed by atoms with Crippen molar-refractivity contribution in [2.75, 3.05) is 0 Å². The van der Waals surface area contributed by atoms with E-state index < -0.39 is 11.2 Å². The Hall–Kier alpha value is -3.40. The monoisotopic (exact) mass is 322 g/mol. The number of oxazole rings is 1. The molecule has 0 spiro atoms. The molecule has 2 heterocycles. The minimum absolute atomic E-state index is 0.0521. The van der Waals surface area contributed by atoms with Crippen LogP contribution in [0.15, 0.2) is 56.8 Å². The second-order valence-corrected chi connectivity index (χ2v) is 5.12. The van der Waals surface area contributed by atoms with E-state index in [4.69, 9.17) is 9.68 Å². The van der Waals surface area contributed by atoms with E-state index in [0.717, 1.165) is 10.1 Å². The Bertz CT molecular complexity index is 1020. The van der Waals surface area contributed by atoms with E-state index in [0.29, 0.717) is 18.1 Å². The third-order valence-electron chi connectivity index (χ3n) is 3.59. The molecule has 120 valence electrons. The fourth-order valence-corrected chi connectivity index (χ4v) is 2.35. The van der Waals surface area contributed by atoms with Crippen LogP contribution < -0.4 is 11.2 Å². The maximum Gasteiger partial charge on any atom is 0.331 e. The van der Waals surface area contributed by atoms with Crippen LogP contribution in [-0.4, -0.2) is 14.1 Å². The molecule has 24 heavy (non-hydrogen) atoms. The summed E-state index contributed by atoms with van der Waals surface area (Å²) >= 11 is 0. The first kappa shape index (κ1) is 15.5. The number of nitriles is 1. The van der Waals surface area contributed by atoms with E-state index in [1.165, 1.54) is 17.0 Å². The molecule has 0 aliphatic carbocycles. The van der Waals surface area contributed by atoms with Crippen molar-refractivity contribution in [1.82, 2.24) is 14.1 Å². The summed E-state index contributed by atoms with van der Waals surface area (Å²) in [7, 11) is 0. The topological polar surface area (TPSA) is 93.8 Å². The molecule has 0 aliphatic heterocycles. The van der Waals surface area contributed by atoms with Gasteiger partial charge in [0.05, 0.1) is 12.2 Å². The second kappa shape index (κ2) is 6.38. The van der Waals surface area contributed by atoms with Crippen LogP contribution in [0.5, 0.6) is 0 Å². The first-order chi connectivity index (χ1) is 11.6. The molecule has 0 fully saturated rings. The van der Waals surface area contributed by atoms with Crippen LogP contribution >= 0.6 is 0 Å². The van der Waals surface area contributed by atoms with E-state index in [2.05, 4.69) is 4.98 Å². The van der Waals surface area contributed by atoms with E-state index in [1.807, 2.05) is 36.4 Å². The third kappa shape index (κ3) is 2.77. The molecule has 0 saturated carbocycles. The first-order valence-electron chi connectivity index (χ1n) is 7.38. The number of aromatic nitrogens is 3. The van der Waals surface area contributed by atoms with Gasteiger partial charge in [0.25, 0.3) is 5.56 Å². The van der Waals surface area contributed by atoms with Gasteiger partial charge in [-0.2, -0.15) is 5.26 Å². The van der Waals surface area contributed by atoms with Crippen LogP contribution in [0.25, 0.3) is 11.5 Å². The van der Waals surface area contributed by atoms with Gasteiger partial charge in [0.15, 0.2) is 0 Å². The lowest BCUT2D eigenvalue weighted by molar-refractivity contribution is 0.565. The summed E-state index contributed by atoms with van der Waals surface area (Å²) in [4.78, 5) is 28.9. The van der Waals surface area contributed by atoms with Crippen molar-refractivity contribution in [3.8, 4) is 17.5 Å². The second-order valence-electron chi connectivity index (χ2n) is 5.12. The zero-order chi connectivity index (χ0) is 17.1. The van der Waals surface area contributed by atoms with E-state index >= 15 is 0 Å². The molecule has 7 heteroatoms. The predicted molar refractivity (Wildman–Crippen MR) is 86.4 cm³/mol. The van der Waals surface area contributed by atoms with Crippen molar-refractivity contribution < 1.29 is 4.42 Å². The van der Waals surface area contributed by atoms with Crippen molar-refractivity contribution in [2.45, 2.75) is 20.0 Å². The predicted octanol–water partition coefficient (Wildman–Crippen LogP) is 1.60. The van der Waals surface area contributed by atoms with Gasteiger partial charge in [0, 0.05) is 18.3 Å². The lowest BCUT2D eigenvalue weighted by Crippen LogP contribution is -2.41. The zero-order valence-corrected chi connectivity index (χ0v) is 13.0. The summed E-state index contributed by atoms with van der Waals surface area (Å²) in [6, 6.07) is 11.1. The molecule has 7 nitrogen and oxygen atoms in total. The van der Waals surface area contributed by atoms with Gasteiger partial charge in [0.2, 0.25) is 5.89 Å². The smallest absolute Gasteiger partial charge is 0.331 e. The van der Waals surface area contributed by atoms with Crippen molar-refractivity contribution >= 4 is 0 Å². The maximum absolute atomic E-state index is 12.3. The largest absolute Gasteiger partial charge is 0.444 e. The number of hydrogen-bond acceptors (Lipinski definition) is 5. The van der Waals surface area contributed by atoms with Gasteiger partial charge in [-0.25, -0.2) is 9.78 Å². The average molecular weight is 322 g/mol. The van der Waals surface area contributed by atoms with Gasteiger partial charge in [-0.15, -0.1) is 0 Å². The lowest BCUT2D eigenvalue weighted by Gasteiger charge is -2.07. The molecule has 3 rings (SSSR count). The van der Waals surface area contributed by atoms with Gasteiger partial charge in [-0.1, -0.05) is 18.2 Å². The van der Waals surface area contributed by atoms with Gasteiger partial charge >= 0.3 is 5.69 Å². The van der Waals surface area contributed by atoms with Crippen molar-refractivity contribution in [2.24, 2.45) is 0 Å². The molecule has 2 aromatic heterocycles. The van der Waals surface area contributed by atoms with Gasteiger partial charge < -0.3 is 4.42 Å². The van der Waals surface area contributed by atoms with Gasteiger partial charge in [-0.3, -0.25) is 13.9 Å². The average Bonchev–Trinajstić information content (AvgIpc) is 3.08. The molecular formula is C17H14N4O3. The fourth-order valence-electron chi connectivity index (χ4n) is 2.35. The van der Waals surface area contributed by atoms with E-state index in [-0.39, 0.29) is 12.1 Å². The quantitative estimate of drug-likeness (QED) is 0.727. The summed E-state index contributed by atoms with van der Waals surface area (Å²) in [6.45, 7) is 2.08. The Labute approximate surface area is 137 Å². The van der Waals surface area contributed by atoms with Crippen LogP contribution in [0, 0.1) is 11.3 Å². The number of aryl methyl sites for hydroxylation is 1. The van der Waals surface area contributed by atoms with Crippen LogP contribution in [0.2, 0.25) is 0 Å².